The van der Waals surface area contributed by atoms with Gasteiger partial charge < -0.3 is 15.0 Å². The van der Waals surface area contributed by atoms with Gasteiger partial charge in [-0.25, -0.2) is 0 Å². The minimum absolute atomic E-state index is 0.159. The minimum Gasteiger partial charge on any atom is -0.457 e. The van der Waals surface area contributed by atoms with E-state index >= 15 is 0 Å². The second kappa shape index (κ2) is 9.51. The number of para-hydroxylation sites is 1. The van der Waals surface area contributed by atoms with Crippen LogP contribution in [-0.2, 0) is 0 Å². The number of hydrogen-bond acceptors (Lipinski definition) is 3. The summed E-state index contributed by atoms with van der Waals surface area (Å²) in [6.07, 6.45) is 4.01. The number of H-pyrrole nitrogens is 2. The second-order valence-corrected chi connectivity index (χ2v) is 8.91. The molecule has 180 valence electrons. The van der Waals surface area contributed by atoms with Crippen LogP contribution in [-0.4, -0.2) is 21.1 Å². The number of aryl methyl sites for hydroxylation is 1. The molecule has 0 fully saturated rings. The van der Waals surface area contributed by atoms with Gasteiger partial charge in [0.2, 0.25) is 0 Å². The normalized spacial score (nSPS) is 11.4. The number of aromatic nitrogens is 3. The van der Waals surface area contributed by atoms with Crippen LogP contribution in [0.3, 0.4) is 0 Å². The van der Waals surface area contributed by atoms with Crippen LogP contribution in [0.4, 0.5) is 5.69 Å². The van der Waals surface area contributed by atoms with Crippen LogP contribution in [0.1, 0.15) is 27.3 Å². The van der Waals surface area contributed by atoms with E-state index in [1.807, 2.05) is 85.8 Å². The summed E-state index contributed by atoms with van der Waals surface area (Å²) >= 11 is 0. The third-order valence-electron chi connectivity index (χ3n) is 6.14. The lowest BCUT2D eigenvalue weighted by Gasteiger charge is -2.09. The van der Waals surface area contributed by atoms with Gasteiger partial charge in [0.1, 0.15) is 11.5 Å². The van der Waals surface area contributed by atoms with Crippen molar-refractivity contribution in [1.82, 2.24) is 15.2 Å². The Morgan fingerprint density at radius 2 is 1.70 bits per heavy atom. The van der Waals surface area contributed by atoms with Gasteiger partial charge in [-0.3, -0.25) is 9.89 Å². The van der Waals surface area contributed by atoms with Gasteiger partial charge in [0, 0.05) is 40.0 Å². The molecule has 2 heterocycles. The lowest BCUT2D eigenvalue weighted by Crippen LogP contribution is -2.11. The Morgan fingerprint density at radius 3 is 2.59 bits per heavy atom. The lowest BCUT2D eigenvalue weighted by molar-refractivity contribution is 0.102. The Bertz CT molecular complexity index is 1740. The highest BCUT2D eigenvalue weighted by Crippen LogP contribution is 2.28. The van der Waals surface area contributed by atoms with Gasteiger partial charge in [0.15, 0.2) is 0 Å². The molecule has 0 aliphatic carbocycles. The lowest BCUT2D eigenvalue weighted by atomic mass is 10.1. The molecule has 6 heteroatoms. The topological polar surface area (TPSA) is 82.8 Å². The summed E-state index contributed by atoms with van der Waals surface area (Å²) in [5, 5.41) is 12.7. The van der Waals surface area contributed by atoms with E-state index in [9.17, 15) is 4.79 Å². The summed E-state index contributed by atoms with van der Waals surface area (Å²) in [5.74, 6) is 1.14. The Morgan fingerprint density at radius 1 is 0.838 bits per heavy atom. The van der Waals surface area contributed by atoms with E-state index in [-0.39, 0.29) is 5.91 Å². The van der Waals surface area contributed by atoms with Crippen LogP contribution in [0.2, 0.25) is 0 Å². The Hall–Kier alpha value is -5.10. The van der Waals surface area contributed by atoms with Crippen LogP contribution in [0.5, 0.6) is 11.5 Å². The fraction of sp³-hybridized carbons (Fsp3) is 0.0323. The number of nitrogens with one attached hydrogen (secondary N) is 3. The van der Waals surface area contributed by atoms with Gasteiger partial charge in [-0.05, 0) is 73.0 Å². The fourth-order valence-electron chi connectivity index (χ4n) is 4.33. The van der Waals surface area contributed by atoms with Crippen molar-refractivity contribution >= 4 is 45.6 Å². The quantitative estimate of drug-likeness (QED) is 0.228. The summed E-state index contributed by atoms with van der Waals surface area (Å²) < 4.78 is 6.08. The first-order chi connectivity index (χ1) is 18.1. The Labute approximate surface area is 213 Å². The third kappa shape index (κ3) is 4.86. The molecule has 0 aliphatic rings. The Balaban J connectivity index is 1.17. The van der Waals surface area contributed by atoms with E-state index < -0.39 is 0 Å². The van der Waals surface area contributed by atoms with Crippen molar-refractivity contribution in [2.45, 2.75) is 6.92 Å². The van der Waals surface area contributed by atoms with E-state index in [4.69, 9.17) is 4.74 Å². The van der Waals surface area contributed by atoms with E-state index in [0.29, 0.717) is 22.7 Å². The summed E-state index contributed by atoms with van der Waals surface area (Å²) in [5.41, 5.74) is 6.16. The molecule has 0 bridgehead atoms. The van der Waals surface area contributed by atoms with Gasteiger partial charge in [-0.2, -0.15) is 5.10 Å². The number of carbonyl (C=O) groups is 1. The molecule has 1 amide bonds. The number of benzene rings is 4. The molecule has 0 saturated carbocycles. The standard InChI is InChI=1S/C31H24N4O2/c1-20-6-4-8-22(16-20)31(36)33-23-9-5-10-25(18-23)37-26-13-14-27-29(34-35-30(27)19-26)15-12-24-17-21-7-2-3-11-28(21)32-24/h2-19,32H,1H3,(H,33,36)(H,34,35)/b15-12+. The zero-order valence-electron chi connectivity index (χ0n) is 20.2. The van der Waals surface area contributed by atoms with Gasteiger partial charge in [-0.1, -0.05) is 42.0 Å². The molecule has 4 aromatic carbocycles. The van der Waals surface area contributed by atoms with Crippen molar-refractivity contribution in [2.75, 3.05) is 5.32 Å². The molecule has 6 rings (SSSR count). The van der Waals surface area contributed by atoms with Gasteiger partial charge in [0.25, 0.3) is 5.91 Å². The van der Waals surface area contributed by atoms with Crippen molar-refractivity contribution in [2.24, 2.45) is 0 Å². The van der Waals surface area contributed by atoms with Crippen LogP contribution in [0.15, 0.2) is 97.1 Å². The van der Waals surface area contributed by atoms with Crippen LogP contribution in [0, 0.1) is 6.92 Å². The van der Waals surface area contributed by atoms with Crippen molar-refractivity contribution in [3.63, 3.8) is 0 Å². The maximum Gasteiger partial charge on any atom is 0.255 e. The Kier molecular flexibility index (Phi) is 5.75. The first-order valence-corrected chi connectivity index (χ1v) is 12.0. The smallest absolute Gasteiger partial charge is 0.255 e. The second-order valence-electron chi connectivity index (χ2n) is 8.91. The average Bonchev–Trinajstić information content (AvgIpc) is 3.51. The first-order valence-electron chi connectivity index (χ1n) is 12.0. The molecular weight excluding hydrogens is 460 g/mol. The highest BCUT2D eigenvalue weighted by atomic mass is 16.5. The molecule has 6 nitrogen and oxygen atoms in total. The van der Waals surface area contributed by atoms with Crippen LogP contribution >= 0.6 is 0 Å². The monoisotopic (exact) mass is 484 g/mol. The summed E-state index contributed by atoms with van der Waals surface area (Å²) in [6.45, 7) is 1.96. The summed E-state index contributed by atoms with van der Waals surface area (Å²) in [7, 11) is 0. The molecule has 6 aromatic rings. The maximum absolute atomic E-state index is 12.6. The third-order valence-corrected chi connectivity index (χ3v) is 6.14. The van der Waals surface area contributed by atoms with Gasteiger partial charge in [0.05, 0.1) is 11.2 Å². The summed E-state index contributed by atoms with van der Waals surface area (Å²) in [4.78, 5) is 16.0. The molecule has 0 atom stereocenters. The molecule has 0 radical (unpaired) electrons. The average molecular weight is 485 g/mol. The van der Waals surface area contributed by atoms with E-state index in [1.54, 1.807) is 12.1 Å². The van der Waals surface area contributed by atoms with Gasteiger partial charge in [-0.15, -0.1) is 0 Å². The molecule has 2 aromatic heterocycles. The SMILES string of the molecule is Cc1cccc(C(=O)Nc2cccc(Oc3ccc4c(/C=C/c5cc6ccccc6[nH]5)n[nH]c4c3)c2)c1. The van der Waals surface area contributed by atoms with Crippen molar-refractivity contribution in [1.29, 1.82) is 0 Å². The maximum atomic E-state index is 12.6. The number of fused-ring (bicyclic) bond motifs is 2. The molecule has 3 N–H and O–H groups in total. The molecule has 0 unspecified atom stereocenters. The number of hydrogen-bond donors (Lipinski definition) is 3. The number of amides is 1. The number of anilines is 1. The predicted octanol–water partition coefficient (Wildman–Crippen LogP) is 7.57. The van der Waals surface area contributed by atoms with Crippen molar-refractivity contribution in [3.8, 4) is 11.5 Å². The van der Waals surface area contributed by atoms with Crippen molar-refractivity contribution < 1.29 is 9.53 Å². The number of aromatic amines is 2. The fourth-order valence-corrected chi connectivity index (χ4v) is 4.33. The zero-order valence-corrected chi connectivity index (χ0v) is 20.2. The number of nitrogens with zero attached hydrogens (tertiary/aromatic N) is 1. The molecule has 37 heavy (non-hydrogen) atoms. The van der Waals surface area contributed by atoms with Crippen molar-refractivity contribution in [3.05, 3.63) is 120 Å². The van der Waals surface area contributed by atoms with Gasteiger partial charge >= 0.3 is 0 Å². The highest BCUT2D eigenvalue weighted by molar-refractivity contribution is 6.04. The minimum atomic E-state index is -0.159. The number of rotatable bonds is 6. The van der Waals surface area contributed by atoms with Crippen LogP contribution < -0.4 is 10.1 Å². The number of carbonyl (C=O) groups excluding carboxylic acids is 1. The van der Waals surface area contributed by atoms with E-state index in [2.05, 4.69) is 38.7 Å². The predicted molar refractivity (Wildman–Crippen MR) is 149 cm³/mol. The van der Waals surface area contributed by atoms with Crippen LogP contribution in [0.25, 0.3) is 34.0 Å². The molecule has 0 spiro atoms. The molecule has 0 saturated heterocycles. The largest absolute Gasteiger partial charge is 0.457 e. The number of ether oxygens (including phenoxy) is 1. The molecular formula is C31H24N4O2. The van der Waals surface area contributed by atoms with E-state index in [0.717, 1.165) is 33.4 Å². The first kappa shape index (κ1) is 22.4. The zero-order chi connectivity index (χ0) is 25.2. The summed E-state index contributed by atoms with van der Waals surface area (Å²) in [6, 6.07) is 31.0. The van der Waals surface area contributed by atoms with E-state index in [1.165, 1.54) is 5.39 Å². The molecule has 0 aliphatic heterocycles. The highest BCUT2D eigenvalue weighted by Gasteiger charge is 2.09.